The second-order valence-corrected chi connectivity index (χ2v) is 6.03. The zero-order chi connectivity index (χ0) is 17.0. The molecule has 1 aliphatic rings. The van der Waals surface area contributed by atoms with Crippen LogP contribution in [0.15, 0.2) is 18.2 Å². The molecule has 2 N–H and O–H groups in total. The minimum absolute atomic E-state index is 0.253. The lowest BCUT2D eigenvalue weighted by Gasteiger charge is -2.31. The van der Waals surface area contributed by atoms with Gasteiger partial charge in [-0.1, -0.05) is 6.92 Å². The first kappa shape index (κ1) is 17.1. The third-order valence-electron chi connectivity index (χ3n) is 4.42. The molecule has 1 fully saturated rings. The molecule has 1 aromatic carbocycles. The van der Waals surface area contributed by atoms with Crippen LogP contribution in [-0.2, 0) is 9.59 Å². The molecule has 0 heterocycles. The standard InChI is InChI=1S/C17H23NO5/c1-10-4-6-12(13(8-10)17(20)21)16(19)18-11-5-7-14(22-2)15(9-11)23-3/h5,7,9-10,12-13H,4,6,8H2,1-3H3,(H,18,19)(H,20,21). The Labute approximate surface area is 135 Å². The molecule has 1 saturated carbocycles. The number of carbonyl (C=O) groups is 2. The highest BCUT2D eigenvalue weighted by Gasteiger charge is 2.38. The first-order valence-corrected chi connectivity index (χ1v) is 7.72. The van der Waals surface area contributed by atoms with Crippen LogP contribution in [-0.4, -0.2) is 31.2 Å². The van der Waals surface area contributed by atoms with Crippen LogP contribution in [0.3, 0.4) is 0 Å². The topological polar surface area (TPSA) is 84.9 Å². The zero-order valence-corrected chi connectivity index (χ0v) is 13.7. The Balaban J connectivity index is 2.13. The van der Waals surface area contributed by atoms with Gasteiger partial charge in [0.2, 0.25) is 5.91 Å². The van der Waals surface area contributed by atoms with Gasteiger partial charge in [0.1, 0.15) is 0 Å². The molecule has 23 heavy (non-hydrogen) atoms. The Hall–Kier alpha value is -2.24. The smallest absolute Gasteiger partial charge is 0.307 e. The van der Waals surface area contributed by atoms with Gasteiger partial charge in [-0.05, 0) is 37.3 Å². The minimum atomic E-state index is -0.899. The first-order valence-electron chi connectivity index (χ1n) is 7.72. The van der Waals surface area contributed by atoms with E-state index in [1.807, 2.05) is 6.92 Å². The lowest BCUT2D eigenvalue weighted by molar-refractivity contribution is -0.148. The van der Waals surface area contributed by atoms with E-state index < -0.39 is 17.8 Å². The molecular formula is C17H23NO5. The SMILES string of the molecule is COc1ccc(NC(=O)C2CCC(C)CC2C(=O)O)cc1OC. The monoisotopic (exact) mass is 321 g/mol. The fraction of sp³-hybridized carbons (Fsp3) is 0.529. The highest BCUT2D eigenvalue weighted by molar-refractivity contribution is 5.95. The lowest BCUT2D eigenvalue weighted by atomic mass is 9.74. The van der Waals surface area contributed by atoms with Gasteiger partial charge >= 0.3 is 5.97 Å². The van der Waals surface area contributed by atoms with E-state index in [-0.39, 0.29) is 5.91 Å². The molecule has 2 rings (SSSR count). The van der Waals surface area contributed by atoms with Crippen molar-refractivity contribution in [3.05, 3.63) is 18.2 Å². The Kier molecular flexibility index (Phi) is 5.47. The minimum Gasteiger partial charge on any atom is -0.493 e. The van der Waals surface area contributed by atoms with Crippen LogP contribution in [0.2, 0.25) is 0 Å². The van der Waals surface area contributed by atoms with E-state index in [1.54, 1.807) is 18.2 Å². The Morgan fingerprint density at radius 1 is 1.13 bits per heavy atom. The highest BCUT2D eigenvalue weighted by Crippen LogP contribution is 2.35. The van der Waals surface area contributed by atoms with Crippen molar-refractivity contribution in [1.82, 2.24) is 0 Å². The Morgan fingerprint density at radius 3 is 2.43 bits per heavy atom. The molecule has 0 aliphatic heterocycles. The van der Waals surface area contributed by atoms with Crippen LogP contribution in [0.5, 0.6) is 11.5 Å². The molecule has 6 nitrogen and oxygen atoms in total. The van der Waals surface area contributed by atoms with E-state index in [4.69, 9.17) is 9.47 Å². The van der Waals surface area contributed by atoms with E-state index in [0.717, 1.165) is 6.42 Å². The summed E-state index contributed by atoms with van der Waals surface area (Å²) in [5.41, 5.74) is 0.565. The number of hydrogen-bond donors (Lipinski definition) is 2. The molecule has 3 unspecified atom stereocenters. The summed E-state index contributed by atoms with van der Waals surface area (Å²) in [6.45, 7) is 2.03. The molecule has 6 heteroatoms. The quantitative estimate of drug-likeness (QED) is 0.871. The number of hydrogen-bond acceptors (Lipinski definition) is 4. The van der Waals surface area contributed by atoms with Gasteiger partial charge in [0.25, 0.3) is 0 Å². The first-order chi connectivity index (χ1) is 11.0. The number of ether oxygens (including phenoxy) is 2. The third-order valence-corrected chi connectivity index (χ3v) is 4.42. The zero-order valence-electron chi connectivity index (χ0n) is 13.7. The average molecular weight is 321 g/mol. The van der Waals surface area contributed by atoms with Gasteiger partial charge in [-0.25, -0.2) is 0 Å². The molecule has 126 valence electrons. The van der Waals surface area contributed by atoms with Crippen molar-refractivity contribution in [1.29, 1.82) is 0 Å². The predicted molar refractivity (Wildman–Crippen MR) is 85.8 cm³/mol. The normalized spacial score (nSPS) is 23.9. The summed E-state index contributed by atoms with van der Waals surface area (Å²) >= 11 is 0. The molecule has 1 amide bonds. The second-order valence-electron chi connectivity index (χ2n) is 6.03. The fourth-order valence-electron chi connectivity index (χ4n) is 3.12. The van der Waals surface area contributed by atoms with Gasteiger partial charge < -0.3 is 19.9 Å². The fourth-order valence-corrected chi connectivity index (χ4v) is 3.12. The summed E-state index contributed by atoms with van der Waals surface area (Å²) in [5, 5.41) is 12.2. The second kappa shape index (κ2) is 7.35. The van der Waals surface area contributed by atoms with Crippen molar-refractivity contribution in [3.8, 4) is 11.5 Å². The van der Waals surface area contributed by atoms with Gasteiger partial charge in [-0.15, -0.1) is 0 Å². The highest BCUT2D eigenvalue weighted by atomic mass is 16.5. The summed E-state index contributed by atoms with van der Waals surface area (Å²) in [6, 6.07) is 5.07. The van der Waals surface area contributed by atoms with Gasteiger partial charge in [-0.3, -0.25) is 9.59 Å². The number of rotatable bonds is 5. The number of carboxylic acid groups (broad SMARTS) is 1. The summed E-state index contributed by atoms with van der Waals surface area (Å²) in [5.74, 6) is -0.866. The van der Waals surface area contributed by atoms with Crippen LogP contribution in [0.4, 0.5) is 5.69 Å². The van der Waals surface area contributed by atoms with Gasteiger partial charge in [0.05, 0.1) is 26.1 Å². The molecule has 1 aromatic rings. The van der Waals surface area contributed by atoms with Crippen molar-refractivity contribution in [2.24, 2.45) is 17.8 Å². The Morgan fingerprint density at radius 2 is 1.83 bits per heavy atom. The number of aliphatic carboxylic acids is 1. The maximum absolute atomic E-state index is 12.5. The maximum atomic E-state index is 12.5. The van der Waals surface area contributed by atoms with Gasteiger partial charge in [0.15, 0.2) is 11.5 Å². The summed E-state index contributed by atoms with van der Waals surface area (Å²) < 4.78 is 10.4. The number of methoxy groups -OCH3 is 2. The van der Waals surface area contributed by atoms with Crippen LogP contribution in [0.25, 0.3) is 0 Å². The third kappa shape index (κ3) is 3.94. The molecule has 0 saturated heterocycles. The van der Waals surface area contributed by atoms with Crippen LogP contribution >= 0.6 is 0 Å². The van der Waals surface area contributed by atoms with Crippen LogP contribution < -0.4 is 14.8 Å². The summed E-state index contributed by atoms with van der Waals surface area (Å²) in [4.78, 5) is 23.9. The van der Waals surface area contributed by atoms with E-state index in [2.05, 4.69) is 5.32 Å². The van der Waals surface area contributed by atoms with Crippen molar-refractivity contribution in [2.45, 2.75) is 26.2 Å². The number of anilines is 1. The van der Waals surface area contributed by atoms with Crippen molar-refractivity contribution >= 4 is 17.6 Å². The summed E-state index contributed by atoms with van der Waals surface area (Å²) in [6.07, 6.45) is 2.00. The van der Waals surface area contributed by atoms with Crippen molar-refractivity contribution in [3.63, 3.8) is 0 Å². The number of nitrogens with one attached hydrogen (secondary N) is 1. The largest absolute Gasteiger partial charge is 0.493 e. The molecule has 0 spiro atoms. The van der Waals surface area contributed by atoms with E-state index in [1.165, 1.54) is 14.2 Å². The van der Waals surface area contributed by atoms with Crippen LogP contribution in [0.1, 0.15) is 26.2 Å². The predicted octanol–water partition coefficient (Wildman–Crippen LogP) is 2.78. The molecule has 0 aromatic heterocycles. The number of amides is 1. The molecule has 1 aliphatic carbocycles. The summed E-state index contributed by atoms with van der Waals surface area (Å²) in [7, 11) is 3.06. The van der Waals surface area contributed by atoms with Crippen molar-refractivity contribution in [2.75, 3.05) is 19.5 Å². The van der Waals surface area contributed by atoms with Gasteiger partial charge in [-0.2, -0.15) is 0 Å². The molecule has 3 atom stereocenters. The van der Waals surface area contributed by atoms with Crippen LogP contribution in [0, 0.1) is 17.8 Å². The molecule has 0 radical (unpaired) electrons. The number of benzene rings is 1. The number of carbonyl (C=O) groups excluding carboxylic acids is 1. The maximum Gasteiger partial charge on any atom is 0.307 e. The molecule has 0 bridgehead atoms. The lowest BCUT2D eigenvalue weighted by Crippen LogP contribution is -2.38. The van der Waals surface area contributed by atoms with E-state index in [0.29, 0.717) is 35.9 Å². The number of carboxylic acids is 1. The van der Waals surface area contributed by atoms with E-state index >= 15 is 0 Å². The average Bonchev–Trinajstić information content (AvgIpc) is 2.54. The van der Waals surface area contributed by atoms with E-state index in [9.17, 15) is 14.7 Å². The van der Waals surface area contributed by atoms with Crippen molar-refractivity contribution < 1.29 is 24.2 Å². The van der Waals surface area contributed by atoms with Gasteiger partial charge in [0, 0.05) is 11.8 Å². The molecular weight excluding hydrogens is 298 g/mol. The Bertz CT molecular complexity index is 586.